The van der Waals surface area contributed by atoms with Gasteiger partial charge in [-0.15, -0.1) is 23.1 Å². The van der Waals surface area contributed by atoms with Crippen LogP contribution in [-0.2, 0) is 9.59 Å². The molecule has 3 amide bonds. The minimum absolute atomic E-state index is 0.106. The van der Waals surface area contributed by atoms with Gasteiger partial charge < -0.3 is 16.0 Å². The summed E-state index contributed by atoms with van der Waals surface area (Å²) in [5.41, 5.74) is 4.61. The highest BCUT2D eigenvalue weighted by Gasteiger charge is 2.18. The van der Waals surface area contributed by atoms with E-state index in [0.29, 0.717) is 16.4 Å². The summed E-state index contributed by atoms with van der Waals surface area (Å²) >= 11 is 6.17. The third-order valence-corrected chi connectivity index (χ3v) is 9.05. The number of nitrogens with one attached hydrogen (secondary N) is 3. The molecule has 1 aromatic heterocycles. The molecule has 0 fully saturated rings. The summed E-state index contributed by atoms with van der Waals surface area (Å²) < 4.78 is 0.985. The van der Waals surface area contributed by atoms with E-state index in [4.69, 9.17) is 0 Å². The SMILES string of the molecule is Cc1ccccc1/C=C(\NC(=O)c1ccccc1)C(=O)Nc1cccc(SC(C)C(=O)Nc2nc(-c3ccc(Br)cc3)cs2)c1. The minimum Gasteiger partial charge on any atom is -0.321 e. The topological polar surface area (TPSA) is 100 Å². The molecule has 1 atom stereocenters. The number of thioether (sulfide) groups is 1. The Kier molecular flexibility index (Phi) is 10.6. The van der Waals surface area contributed by atoms with E-state index < -0.39 is 11.2 Å². The molecule has 5 rings (SSSR count). The molecule has 10 heteroatoms. The van der Waals surface area contributed by atoms with Crippen molar-refractivity contribution in [2.45, 2.75) is 24.0 Å². The Labute approximate surface area is 278 Å². The van der Waals surface area contributed by atoms with Crippen molar-refractivity contribution in [2.75, 3.05) is 10.6 Å². The van der Waals surface area contributed by atoms with E-state index in [-0.39, 0.29) is 17.5 Å². The number of hydrogen-bond donors (Lipinski definition) is 3. The number of rotatable bonds is 10. The number of carbonyl (C=O) groups excluding carboxylic acids is 3. The van der Waals surface area contributed by atoms with E-state index in [1.807, 2.05) is 79.9 Å². The van der Waals surface area contributed by atoms with Gasteiger partial charge in [0.05, 0.1) is 10.9 Å². The third kappa shape index (κ3) is 8.78. The van der Waals surface area contributed by atoms with Crippen LogP contribution < -0.4 is 16.0 Å². The van der Waals surface area contributed by atoms with Crippen LogP contribution in [0.4, 0.5) is 10.8 Å². The molecule has 45 heavy (non-hydrogen) atoms. The van der Waals surface area contributed by atoms with Gasteiger partial charge in [-0.05, 0) is 73.5 Å². The lowest BCUT2D eigenvalue weighted by atomic mass is 10.1. The first-order chi connectivity index (χ1) is 21.7. The van der Waals surface area contributed by atoms with Crippen LogP contribution in [-0.4, -0.2) is 28.0 Å². The predicted molar refractivity (Wildman–Crippen MR) is 187 cm³/mol. The number of hydrogen-bond acceptors (Lipinski definition) is 6. The number of thiazole rings is 1. The number of aryl methyl sites for hydroxylation is 1. The molecule has 1 unspecified atom stereocenters. The second kappa shape index (κ2) is 15.0. The molecular weight excluding hydrogens is 668 g/mol. The highest BCUT2D eigenvalue weighted by molar-refractivity contribution is 9.10. The van der Waals surface area contributed by atoms with Gasteiger partial charge in [-0.25, -0.2) is 4.98 Å². The van der Waals surface area contributed by atoms with Gasteiger partial charge >= 0.3 is 0 Å². The zero-order valence-electron chi connectivity index (χ0n) is 24.4. The lowest BCUT2D eigenvalue weighted by Crippen LogP contribution is -2.30. The zero-order valence-corrected chi connectivity index (χ0v) is 27.6. The first-order valence-corrected chi connectivity index (χ1v) is 16.5. The second-order valence-electron chi connectivity index (χ2n) is 10.0. The summed E-state index contributed by atoms with van der Waals surface area (Å²) in [6.45, 7) is 3.75. The smallest absolute Gasteiger partial charge is 0.272 e. The molecule has 0 saturated heterocycles. The van der Waals surface area contributed by atoms with Crippen molar-refractivity contribution in [1.29, 1.82) is 0 Å². The monoisotopic (exact) mass is 696 g/mol. The molecule has 0 spiro atoms. The van der Waals surface area contributed by atoms with Gasteiger partial charge in [0.25, 0.3) is 11.8 Å². The van der Waals surface area contributed by atoms with Crippen LogP contribution in [0.5, 0.6) is 0 Å². The van der Waals surface area contributed by atoms with Gasteiger partial charge in [0.2, 0.25) is 5.91 Å². The number of amides is 3. The molecule has 1 heterocycles. The molecule has 0 aliphatic heterocycles. The van der Waals surface area contributed by atoms with Gasteiger partial charge in [-0.1, -0.05) is 76.6 Å². The van der Waals surface area contributed by atoms with Crippen LogP contribution in [0.3, 0.4) is 0 Å². The van der Waals surface area contributed by atoms with Crippen molar-refractivity contribution >= 4 is 73.6 Å². The standard InChI is InChI=1S/C35H29BrN4O3S2/c1-22-9-6-7-12-26(22)19-30(38-33(42)25-10-4-3-5-11-25)34(43)37-28-13-8-14-29(20-28)45-23(2)32(41)40-35-39-31(21-44-35)24-15-17-27(36)18-16-24/h3-21,23H,1-2H3,(H,37,43)(H,38,42)(H,39,40,41)/b30-19-. The van der Waals surface area contributed by atoms with Gasteiger partial charge in [0.15, 0.2) is 5.13 Å². The van der Waals surface area contributed by atoms with E-state index in [1.54, 1.807) is 48.5 Å². The van der Waals surface area contributed by atoms with Crippen molar-refractivity contribution in [3.05, 3.63) is 135 Å². The largest absolute Gasteiger partial charge is 0.321 e. The average molecular weight is 698 g/mol. The molecule has 0 aliphatic carbocycles. The van der Waals surface area contributed by atoms with Gasteiger partial charge in [0.1, 0.15) is 5.70 Å². The highest BCUT2D eigenvalue weighted by Crippen LogP contribution is 2.29. The van der Waals surface area contributed by atoms with E-state index in [1.165, 1.54) is 23.1 Å². The fraction of sp³-hybridized carbons (Fsp3) is 0.0857. The van der Waals surface area contributed by atoms with Crippen LogP contribution in [0.25, 0.3) is 17.3 Å². The van der Waals surface area contributed by atoms with Gasteiger partial charge in [0, 0.05) is 31.6 Å². The molecule has 226 valence electrons. The summed E-state index contributed by atoms with van der Waals surface area (Å²) in [5.74, 6) is -1.04. The molecule has 0 aliphatic rings. The second-order valence-corrected chi connectivity index (χ2v) is 13.2. The van der Waals surface area contributed by atoms with Crippen molar-refractivity contribution in [3.63, 3.8) is 0 Å². The van der Waals surface area contributed by atoms with Gasteiger partial charge in [-0.2, -0.15) is 0 Å². The number of carbonyl (C=O) groups is 3. The van der Waals surface area contributed by atoms with Crippen LogP contribution in [0.15, 0.2) is 124 Å². The number of benzene rings is 4. The zero-order chi connectivity index (χ0) is 31.8. The van der Waals surface area contributed by atoms with Crippen LogP contribution >= 0.6 is 39.0 Å². The Bertz CT molecular complexity index is 1860. The molecular formula is C35H29BrN4O3S2. The number of nitrogens with zero attached hydrogens (tertiary/aromatic N) is 1. The van der Waals surface area contributed by atoms with Crippen LogP contribution in [0.2, 0.25) is 0 Å². The van der Waals surface area contributed by atoms with Crippen molar-refractivity contribution in [3.8, 4) is 11.3 Å². The maximum Gasteiger partial charge on any atom is 0.272 e. The maximum atomic E-state index is 13.5. The minimum atomic E-state index is -0.471. The normalized spacial score (nSPS) is 11.8. The Hall–Kier alpha value is -4.51. The summed E-state index contributed by atoms with van der Waals surface area (Å²) in [7, 11) is 0. The Balaban J connectivity index is 1.25. The lowest BCUT2D eigenvalue weighted by Gasteiger charge is -2.14. The van der Waals surface area contributed by atoms with Crippen molar-refractivity contribution < 1.29 is 14.4 Å². The Morgan fingerprint density at radius 2 is 1.62 bits per heavy atom. The predicted octanol–water partition coefficient (Wildman–Crippen LogP) is 8.41. The summed E-state index contributed by atoms with van der Waals surface area (Å²) in [5, 5.41) is 10.6. The van der Waals surface area contributed by atoms with E-state index in [9.17, 15) is 14.4 Å². The molecule has 3 N–H and O–H groups in total. The summed E-state index contributed by atoms with van der Waals surface area (Å²) in [4.78, 5) is 44.8. The first kappa shape index (κ1) is 31.9. The molecule has 5 aromatic rings. The number of aromatic nitrogens is 1. The van der Waals surface area contributed by atoms with Crippen molar-refractivity contribution in [1.82, 2.24) is 10.3 Å². The Morgan fingerprint density at radius 1 is 0.889 bits per heavy atom. The Morgan fingerprint density at radius 3 is 2.38 bits per heavy atom. The molecule has 0 radical (unpaired) electrons. The van der Waals surface area contributed by atoms with E-state index in [2.05, 4.69) is 36.9 Å². The quantitative estimate of drug-likeness (QED) is 0.101. The first-order valence-electron chi connectivity index (χ1n) is 14.0. The fourth-order valence-corrected chi connectivity index (χ4v) is 6.15. The maximum absolute atomic E-state index is 13.5. The fourth-order valence-electron chi connectivity index (χ4n) is 4.24. The summed E-state index contributed by atoms with van der Waals surface area (Å²) in [6.07, 6.45) is 1.66. The molecule has 0 bridgehead atoms. The number of anilines is 2. The lowest BCUT2D eigenvalue weighted by molar-refractivity contribution is -0.115. The summed E-state index contributed by atoms with van der Waals surface area (Å²) in [6, 6.07) is 31.4. The average Bonchev–Trinajstić information content (AvgIpc) is 3.51. The van der Waals surface area contributed by atoms with E-state index in [0.717, 1.165) is 31.8 Å². The van der Waals surface area contributed by atoms with E-state index >= 15 is 0 Å². The van der Waals surface area contributed by atoms with Crippen LogP contribution in [0.1, 0.15) is 28.4 Å². The molecule has 7 nitrogen and oxygen atoms in total. The molecule has 0 saturated carbocycles. The van der Waals surface area contributed by atoms with Crippen LogP contribution in [0, 0.1) is 6.92 Å². The van der Waals surface area contributed by atoms with Gasteiger partial charge in [-0.3, -0.25) is 14.4 Å². The number of halogens is 1. The third-order valence-electron chi connectivity index (χ3n) is 6.67. The van der Waals surface area contributed by atoms with Crippen molar-refractivity contribution in [2.24, 2.45) is 0 Å². The highest BCUT2D eigenvalue weighted by atomic mass is 79.9. The molecule has 4 aromatic carbocycles.